The summed E-state index contributed by atoms with van der Waals surface area (Å²) < 4.78 is 38.6. The second-order valence-electron chi connectivity index (χ2n) is 2.83. The van der Waals surface area contributed by atoms with E-state index in [1.807, 2.05) is 0 Å². The smallest absolute Gasteiger partial charge is 0.194 e. The Morgan fingerprint density at radius 3 is 2.08 bits per heavy atom. The third-order valence-electron chi connectivity index (χ3n) is 2.09. The summed E-state index contributed by atoms with van der Waals surface area (Å²) in [5.74, 6) is -3.51. The van der Waals surface area contributed by atoms with Gasteiger partial charge in [-0.1, -0.05) is 13.8 Å². The maximum absolute atomic E-state index is 13.1. The van der Waals surface area contributed by atoms with E-state index in [0.29, 0.717) is 18.4 Å². The van der Waals surface area contributed by atoms with E-state index in [-0.39, 0.29) is 5.56 Å². The Bertz CT molecular complexity index is 318. The van der Waals surface area contributed by atoms with Gasteiger partial charge in [0.25, 0.3) is 0 Å². The molecule has 0 spiro atoms. The van der Waals surface area contributed by atoms with Gasteiger partial charge in [0.1, 0.15) is 0 Å². The molecule has 1 aromatic carbocycles. The zero-order valence-electron chi connectivity index (χ0n) is 7.63. The van der Waals surface area contributed by atoms with Crippen LogP contribution in [0.1, 0.15) is 25.0 Å². The molecule has 0 saturated carbocycles. The van der Waals surface area contributed by atoms with Crippen molar-refractivity contribution < 1.29 is 13.2 Å². The Morgan fingerprint density at radius 1 is 1.00 bits per heavy atom. The fraction of sp³-hybridized carbons (Fsp3) is 0.400. The summed E-state index contributed by atoms with van der Waals surface area (Å²) in [6, 6.07) is 1.07. The Kier molecular flexibility index (Phi) is 2.96. The van der Waals surface area contributed by atoms with Crippen LogP contribution in [0.5, 0.6) is 0 Å². The number of rotatable bonds is 2. The van der Waals surface area contributed by atoms with Crippen LogP contribution in [0.25, 0.3) is 0 Å². The summed E-state index contributed by atoms with van der Waals surface area (Å²) in [5.41, 5.74) is 0.820. The topological polar surface area (TPSA) is 0 Å². The minimum atomic E-state index is -1.37. The van der Waals surface area contributed by atoms with Crippen molar-refractivity contribution in [1.29, 1.82) is 0 Å². The van der Waals surface area contributed by atoms with Gasteiger partial charge >= 0.3 is 0 Å². The minimum Gasteiger partial charge on any atom is -0.204 e. The minimum absolute atomic E-state index is 0.279. The molecule has 0 unspecified atom stereocenters. The summed E-state index contributed by atoms with van der Waals surface area (Å²) in [5, 5.41) is 0. The molecular formula is C10H11F3. The Hall–Kier alpha value is -0.990. The Morgan fingerprint density at radius 2 is 1.62 bits per heavy atom. The highest BCUT2D eigenvalue weighted by Crippen LogP contribution is 2.20. The van der Waals surface area contributed by atoms with Gasteiger partial charge in [0.05, 0.1) is 0 Å². The van der Waals surface area contributed by atoms with Gasteiger partial charge in [-0.05, 0) is 30.0 Å². The zero-order chi connectivity index (χ0) is 10.0. The monoisotopic (exact) mass is 188 g/mol. The van der Waals surface area contributed by atoms with E-state index in [9.17, 15) is 13.2 Å². The summed E-state index contributed by atoms with van der Waals surface area (Å²) in [6.45, 7) is 3.50. The average Bonchev–Trinajstić information content (AvgIpc) is 2.13. The van der Waals surface area contributed by atoms with E-state index < -0.39 is 17.5 Å². The summed E-state index contributed by atoms with van der Waals surface area (Å²) in [4.78, 5) is 0. The lowest BCUT2D eigenvalue weighted by Gasteiger charge is -2.07. The van der Waals surface area contributed by atoms with Gasteiger partial charge in [-0.2, -0.15) is 0 Å². The number of benzene rings is 1. The molecular weight excluding hydrogens is 177 g/mol. The van der Waals surface area contributed by atoms with E-state index in [0.717, 1.165) is 6.07 Å². The summed E-state index contributed by atoms with van der Waals surface area (Å²) in [7, 11) is 0. The normalized spacial score (nSPS) is 10.5. The van der Waals surface area contributed by atoms with Gasteiger partial charge in [0, 0.05) is 0 Å². The van der Waals surface area contributed by atoms with Crippen LogP contribution in [0.4, 0.5) is 13.2 Å². The first-order valence-electron chi connectivity index (χ1n) is 4.27. The molecule has 0 heterocycles. The maximum Gasteiger partial charge on any atom is 0.194 e. The molecule has 72 valence electrons. The molecule has 13 heavy (non-hydrogen) atoms. The van der Waals surface area contributed by atoms with Gasteiger partial charge in [-0.15, -0.1) is 0 Å². The molecule has 0 saturated heterocycles. The van der Waals surface area contributed by atoms with Crippen LogP contribution in [-0.4, -0.2) is 0 Å². The first-order valence-corrected chi connectivity index (χ1v) is 4.27. The molecule has 0 amide bonds. The molecule has 1 rings (SSSR count). The zero-order valence-corrected chi connectivity index (χ0v) is 7.63. The lowest BCUT2D eigenvalue weighted by atomic mass is 10.0. The second kappa shape index (κ2) is 3.81. The SMILES string of the molecule is CCc1cc(F)c(F)c(F)c1CC. The van der Waals surface area contributed by atoms with Crippen LogP contribution in [0.15, 0.2) is 6.07 Å². The molecule has 0 aliphatic rings. The van der Waals surface area contributed by atoms with Gasteiger partial charge in [0.15, 0.2) is 17.5 Å². The van der Waals surface area contributed by atoms with Crippen LogP contribution in [0.3, 0.4) is 0 Å². The number of hydrogen-bond donors (Lipinski definition) is 0. The van der Waals surface area contributed by atoms with Crippen LogP contribution >= 0.6 is 0 Å². The van der Waals surface area contributed by atoms with Crippen LogP contribution in [-0.2, 0) is 12.8 Å². The lowest BCUT2D eigenvalue weighted by molar-refractivity contribution is 0.439. The molecule has 0 aliphatic carbocycles. The largest absolute Gasteiger partial charge is 0.204 e. The third kappa shape index (κ3) is 1.69. The van der Waals surface area contributed by atoms with E-state index in [1.165, 1.54) is 0 Å². The molecule has 0 aliphatic heterocycles. The van der Waals surface area contributed by atoms with Crippen molar-refractivity contribution in [3.8, 4) is 0 Å². The maximum atomic E-state index is 13.1. The van der Waals surface area contributed by atoms with Crippen molar-refractivity contribution in [2.75, 3.05) is 0 Å². The van der Waals surface area contributed by atoms with Gasteiger partial charge in [-0.25, -0.2) is 13.2 Å². The predicted molar refractivity (Wildman–Crippen MR) is 45.1 cm³/mol. The highest BCUT2D eigenvalue weighted by atomic mass is 19.2. The molecule has 0 N–H and O–H groups in total. The second-order valence-corrected chi connectivity index (χ2v) is 2.83. The highest BCUT2D eigenvalue weighted by Gasteiger charge is 2.15. The quantitative estimate of drug-likeness (QED) is 0.625. The average molecular weight is 188 g/mol. The third-order valence-corrected chi connectivity index (χ3v) is 2.09. The van der Waals surface area contributed by atoms with Crippen molar-refractivity contribution in [3.63, 3.8) is 0 Å². The number of hydrogen-bond acceptors (Lipinski definition) is 0. The number of aryl methyl sites for hydroxylation is 1. The summed E-state index contributed by atoms with van der Waals surface area (Å²) in [6.07, 6.45) is 0.892. The van der Waals surface area contributed by atoms with Crippen molar-refractivity contribution in [2.24, 2.45) is 0 Å². The first-order chi connectivity index (χ1) is 6.11. The van der Waals surface area contributed by atoms with Crippen LogP contribution < -0.4 is 0 Å². The molecule has 3 heteroatoms. The van der Waals surface area contributed by atoms with E-state index >= 15 is 0 Å². The van der Waals surface area contributed by atoms with Crippen molar-refractivity contribution in [3.05, 3.63) is 34.6 Å². The van der Waals surface area contributed by atoms with E-state index in [4.69, 9.17) is 0 Å². The number of halogens is 3. The first kappa shape index (κ1) is 10.1. The van der Waals surface area contributed by atoms with Gasteiger partial charge in [0.2, 0.25) is 0 Å². The van der Waals surface area contributed by atoms with Crippen molar-refractivity contribution >= 4 is 0 Å². The molecule has 0 radical (unpaired) electrons. The van der Waals surface area contributed by atoms with Gasteiger partial charge in [-0.3, -0.25) is 0 Å². The predicted octanol–water partition coefficient (Wildman–Crippen LogP) is 3.23. The van der Waals surface area contributed by atoms with Crippen LogP contribution in [0, 0.1) is 17.5 Å². The molecule has 0 nitrogen and oxygen atoms in total. The molecule has 1 aromatic rings. The summed E-state index contributed by atoms with van der Waals surface area (Å²) >= 11 is 0. The van der Waals surface area contributed by atoms with Gasteiger partial charge < -0.3 is 0 Å². The van der Waals surface area contributed by atoms with Crippen molar-refractivity contribution in [1.82, 2.24) is 0 Å². The Balaban J connectivity index is 3.39. The molecule has 0 bridgehead atoms. The molecule has 0 aromatic heterocycles. The molecule has 0 fully saturated rings. The lowest BCUT2D eigenvalue weighted by Crippen LogP contribution is -2.02. The highest BCUT2D eigenvalue weighted by molar-refractivity contribution is 5.30. The standard InChI is InChI=1S/C10H11F3/c1-3-6-5-8(11)10(13)9(12)7(6)4-2/h5H,3-4H2,1-2H3. The fourth-order valence-electron chi connectivity index (χ4n) is 1.38. The van der Waals surface area contributed by atoms with Crippen molar-refractivity contribution in [2.45, 2.75) is 26.7 Å². The van der Waals surface area contributed by atoms with E-state index in [2.05, 4.69) is 0 Å². The van der Waals surface area contributed by atoms with Crippen LogP contribution in [0.2, 0.25) is 0 Å². The Labute approximate surface area is 75.4 Å². The van der Waals surface area contributed by atoms with E-state index in [1.54, 1.807) is 13.8 Å². The fourth-order valence-corrected chi connectivity index (χ4v) is 1.38. The molecule has 0 atom stereocenters.